The predicted octanol–water partition coefficient (Wildman–Crippen LogP) is 4.49. The highest BCUT2D eigenvalue weighted by Crippen LogP contribution is 2.28. The van der Waals surface area contributed by atoms with E-state index in [-0.39, 0.29) is 6.04 Å². The van der Waals surface area contributed by atoms with Gasteiger partial charge in [-0.1, -0.05) is 24.6 Å². The molecule has 114 valence electrons. The van der Waals surface area contributed by atoms with Crippen molar-refractivity contribution >= 4 is 28.6 Å². The van der Waals surface area contributed by atoms with Gasteiger partial charge in [0.2, 0.25) is 0 Å². The van der Waals surface area contributed by atoms with Crippen molar-refractivity contribution in [3.05, 3.63) is 45.4 Å². The first-order valence-corrected chi connectivity index (χ1v) is 8.55. The lowest BCUT2D eigenvalue weighted by Crippen LogP contribution is -2.20. The second-order valence-electron chi connectivity index (χ2n) is 5.22. The molecule has 0 amide bonds. The highest BCUT2D eigenvalue weighted by Gasteiger charge is 2.11. The van der Waals surface area contributed by atoms with E-state index in [4.69, 9.17) is 11.6 Å². The average Bonchev–Trinajstić information content (AvgIpc) is 2.97. The molecule has 0 fully saturated rings. The zero-order chi connectivity index (χ0) is 15.2. The summed E-state index contributed by atoms with van der Waals surface area (Å²) in [5.74, 6) is 0. The molecule has 0 aliphatic rings. The Morgan fingerprint density at radius 2 is 2.24 bits per heavy atom. The Hall–Kier alpha value is -1.10. The number of nitrogens with zero attached hydrogens (tertiary/aromatic N) is 2. The highest BCUT2D eigenvalue weighted by molar-refractivity contribution is 7.07. The van der Waals surface area contributed by atoms with Gasteiger partial charge in [0, 0.05) is 29.2 Å². The van der Waals surface area contributed by atoms with Gasteiger partial charge >= 0.3 is 0 Å². The Labute approximate surface area is 136 Å². The summed E-state index contributed by atoms with van der Waals surface area (Å²) < 4.78 is 0. The lowest BCUT2D eigenvalue weighted by molar-refractivity contribution is 0.571. The maximum absolute atomic E-state index is 6.45. The highest BCUT2D eigenvalue weighted by atomic mass is 35.5. The third-order valence-corrected chi connectivity index (χ3v) is 4.44. The number of anilines is 1. The summed E-state index contributed by atoms with van der Waals surface area (Å²) in [5.41, 5.74) is 5.20. The summed E-state index contributed by atoms with van der Waals surface area (Å²) in [5, 5.41) is 6.35. The van der Waals surface area contributed by atoms with Crippen molar-refractivity contribution in [3.63, 3.8) is 0 Å². The Kier molecular flexibility index (Phi) is 6.03. The van der Waals surface area contributed by atoms with E-state index in [0.29, 0.717) is 0 Å². The quantitative estimate of drug-likeness (QED) is 0.813. The van der Waals surface area contributed by atoms with Crippen LogP contribution in [-0.4, -0.2) is 18.6 Å². The lowest BCUT2D eigenvalue weighted by atomic mass is 10.1. The van der Waals surface area contributed by atoms with Crippen LogP contribution in [0.1, 0.15) is 37.6 Å². The molecule has 2 rings (SSSR count). The lowest BCUT2D eigenvalue weighted by Gasteiger charge is -2.21. The molecule has 1 unspecified atom stereocenters. The zero-order valence-electron chi connectivity index (χ0n) is 12.8. The molecule has 21 heavy (non-hydrogen) atoms. The number of benzene rings is 1. The van der Waals surface area contributed by atoms with Crippen LogP contribution in [0.25, 0.3) is 0 Å². The molecular weight excluding hydrogens is 302 g/mol. The molecule has 0 saturated carbocycles. The van der Waals surface area contributed by atoms with E-state index in [2.05, 4.69) is 53.6 Å². The van der Waals surface area contributed by atoms with Crippen molar-refractivity contribution in [2.24, 2.45) is 0 Å². The van der Waals surface area contributed by atoms with Gasteiger partial charge in [-0.2, -0.15) is 0 Å². The minimum Gasteiger partial charge on any atom is -0.369 e. The van der Waals surface area contributed by atoms with Crippen LogP contribution in [-0.2, 0) is 6.54 Å². The van der Waals surface area contributed by atoms with Crippen molar-refractivity contribution in [1.29, 1.82) is 0 Å². The molecule has 0 spiro atoms. The molecule has 0 radical (unpaired) electrons. The molecule has 1 aromatic carbocycles. The van der Waals surface area contributed by atoms with E-state index < -0.39 is 0 Å². The number of thiazole rings is 1. The van der Waals surface area contributed by atoms with Crippen molar-refractivity contribution < 1.29 is 0 Å². The molecular formula is C16H22ClN3S. The Bertz CT molecular complexity index is 557. The van der Waals surface area contributed by atoms with Crippen molar-refractivity contribution in [2.75, 3.05) is 18.5 Å². The molecule has 0 aliphatic heterocycles. The molecule has 2 aromatic rings. The van der Waals surface area contributed by atoms with Crippen LogP contribution in [0.4, 0.5) is 5.69 Å². The fraction of sp³-hybridized carbons (Fsp3) is 0.438. The Morgan fingerprint density at radius 1 is 1.43 bits per heavy atom. The minimum absolute atomic E-state index is 0.273. The third kappa shape index (κ3) is 4.43. The maximum Gasteiger partial charge on any atom is 0.0795 e. The monoisotopic (exact) mass is 323 g/mol. The summed E-state index contributed by atoms with van der Waals surface area (Å²) >= 11 is 8.07. The molecule has 1 heterocycles. The van der Waals surface area contributed by atoms with Gasteiger partial charge in [0.15, 0.2) is 0 Å². The number of hydrogen-bond donors (Lipinski definition) is 1. The first kappa shape index (κ1) is 16.3. The molecule has 3 nitrogen and oxygen atoms in total. The number of aromatic nitrogens is 1. The SMILES string of the molecule is CCCNC(C)c1ccc(N(C)Cc2cscn2)cc1Cl. The van der Waals surface area contributed by atoms with Crippen molar-refractivity contribution in [3.8, 4) is 0 Å². The van der Waals surface area contributed by atoms with Gasteiger partial charge in [0.05, 0.1) is 17.7 Å². The minimum atomic E-state index is 0.273. The number of rotatable bonds is 7. The van der Waals surface area contributed by atoms with Gasteiger partial charge in [0.1, 0.15) is 0 Å². The standard InChI is InChI=1S/C16H22ClN3S/c1-4-7-18-12(2)15-6-5-14(8-16(15)17)20(3)9-13-10-21-11-19-13/h5-6,8,10-12,18H,4,7,9H2,1-3H3. The largest absolute Gasteiger partial charge is 0.369 e. The van der Waals surface area contributed by atoms with Crippen molar-refractivity contribution in [1.82, 2.24) is 10.3 Å². The smallest absolute Gasteiger partial charge is 0.0795 e. The van der Waals surface area contributed by atoms with Crippen LogP contribution in [0.2, 0.25) is 5.02 Å². The number of nitrogens with one attached hydrogen (secondary N) is 1. The van der Waals surface area contributed by atoms with Crippen LogP contribution < -0.4 is 10.2 Å². The Balaban J connectivity index is 2.07. The van der Waals surface area contributed by atoms with Crippen LogP contribution in [0.15, 0.2) is 29.1 Å². The molecule has 0 saturated heterocycles. The van der Waals surface area contributed by atoms with Crippen LogP contribution >= 0.6 is 22.9 Å². The predicted molar refractivity (Wildman–Crippen MR) is 92.4 cm³/mol. The van der Waals surface area contributed by atoms with Gasteiger partial charge in [-0.25, -0.2) is 4.98 Å². The first-order valence-electron chi connectivity index (χ1n) is 7.22. The molecule has 0 aliphatic carbocycles. The zero-order valence-corrected chi connectivity index (χ0v) is 14.3. The Morgan fingerprint density at radius 3 is 2.86 bits per heavy atom. The molecule has 1 N–H and O–H groups in total. The van der Waals surface area contributed by atoms with E-state index >= 15 is 0 Å². The summed E-state index contributed by atoms with van der Waals surface area (Å²) in [6.07, 6.45) is 1.12. The van der Waals surface area contributed by atoms with Gasteiger partial charge in [-0.05, 0) is 37.6 Å². The fourth-order valence-electron chi connectivity index (χ4n) is 2.23. The normalized spacial score (nSPS) is 12.4. The molecule has 0 bridgehead atoms. The van der Waals surface area contributed by atoms with Gasteiger partial charge < -0.3 is 10.2 Å². The van der Waals surface area contributed by atoms with Gasteiger partial charge in [-0.15, -0.1) is 11.3 Å². The van der Waals surface area contributed by atoms with E-state index in [0.717, 1.165) is 41.5 Å². The number of hydrogen-bond acceptors (Lipinski definition) is 4. The topological polar surface area (TPSA) is 28.2 Å². The summed E-state index contributed by atoms with van der Waals surface area (Å²) in [4.78, 5) is 6.48. The first-order chi connectivity index (χ1) is 10.1. The van der Waals surface area contributed by atoms with E-state index in [9.17, 15) is 0 Å². The van der Waals surface area contributed by atoms with Crippen molar-refractivity contribution in [2.45, 2.75) is 32.9 Å². The van der Waals surface area contributed by atoms with E-state index in [1.807, 2.05) is 11.6 Å². The van der Waals surface area contributed by atoms with E-state index in [1.54, 1.807) is 11.3 Å². The summed E-state index contributed by atoms with van der Waals surface area (Å²) in [6.45, 7) is 6.11. The van der Waals surface area contributed by atoms with Gasteiger partial charge in [0.25, 0.3) is 0 Å². The number of halogens is 1. The maximum atomic E-state index is 6.45. The van der Waals surface area contributed by atoms with Gasteiger partial charge in [-0.3, -0.25) is 0 Å². The van der Waals surface area contributed by atoms with Crippen LogP contribution in [0.3, 0.4) is 0 Å². The van der Waals surface area contributed by atoms with Crippen LogP contribution in [0, 0.1) is 0 Å². The molecule has 1 atom stereocenters. The summed E-state index contributed by atoms with van der Waals surface area (Å²) in [6, 6.07) is 6.54. The van der Waals surface area contributed by atoms with E-state index in [1.165, 1.54) is 0 Å². The molecule has 5 heteroatoms. The summed E-state index contributed by atoms with van der Waals surface area (Å²) in [7, 11) is 2.06. The second kappa shape index (κ2) is 7.78. The van der Waals surface area contributed by atoms with Crippen LogP contribution in [0.5, 0.6) is 0 Å². The molecule has 1 aromatic heterocycles. The third-order valence-electron chi connectivity index (χ3n) is 3.47. The fourth-order valence-corrected chi connectivity index (χ4v) is 3.11. The second-order valence-corrected chi connectivity index (χ2v) is 6.34. The average molecular weight is 324 g/mol.